The molecule has 0 amide bonds. The fourth-order valence-electron chi connectivity index (χ4n) is 3.60. The van der Waals surface area contributed by atoms with Gasteiger partial charge in [-0.25, -0.2) is 0 Å². The second-order valence-electron chi connectivity index (χ2n) is 6.98. The third-order valence-corrected chi connectivity index (χ3v) is 5.01. The van der Waals surface area contributed by atoms with Crippen molar-refractivity contribution in [3.8, 4) is 17.0 Å². The molecule has 0 bridgehead atoms. The molecule has 1 aromatic heterocycles. The molecule has 4 rings (SSSR count). The predicted molar refractivity (Wildman–Crippen MR) is 98.9 cm³/mol. The molecule has 3 N–H and O–H groups in total. The van der Waals surface area contributed by atoms with Crippen molar-refractivity contribution < 1.29 is 23.4 Å². The Balaban J connectivity index is 1.76. The van der Waals surface area contributed by atoms with Gasteiger partial charge < -0.3 is 15.5 Å². The number of phenolic OH excluding ortho intramolecular Hbond substituents is 1. The lowest BCUT2D eigenvalue weighted by molar-refractivity contribution is -0.137. The standard InChI is InChI=1S/C20H18F3N3O2/c21-20(22,23)11-5-8-16(17(28)9-11)18-14-3-1-2-4-15(14)19(26-25-18)24-12-6-7-13(27)10-12/h1-5,8-9,12-13,27-28H,6-7,10H2,(H,24,26)/t12-,13-/m0/s1. The van der Waals surface area contributed by atoms with E-state index in [-0.39, 0.29) is 17.7 Å². The lowest BCUT2D eigenvalue weighted by atomic mass is 10.0. The Morgan fingerprint density at radius 2 is 1.75 bits per heavy atom. The van der Waals surface area contributed by atoms with Gasteiger partial charge in [0.15, 0.2) is 5.82 Å². The molecule has 28 heavy (non-hydrogen) atoms. The summed E-state index contributed by atoms with van der Waals surface area (Å²) in [6.07, 6.45) is -2.71. The topological polar surface area (TPSA) is 78.3 Å². The SMILES string of the molecule is Oc1cc(C(F)(F)F)ccc1-c1nnc(N[C@H]2CC[C@H](O)C2)c2ccccc12. The van der Waals surface area contributed by atoms with Gasteiger partial charge in [0.2, 0.25) is 0 Å². The number of fused-ring (bicyclic) bond motifs is 1. The predicted octanol–water partition coefficient (Wildman–Crippen LogP) is 4.35. The normalized spacial score (nSPS) is 19.9. The van der Waals surface area contributed by atoms with Crippen LogP contribution in [0.4, 0.5) is 19.0 Å². The van der Waals surface area contributed by atoms with Crippen LogP contribution in [0.25, 0.3) is 22.0 Å². The maximum Gasteiger partial charge on any atom is 0.416 e. The Morgan fingerprint density at radius 3 is 2.39 bits per heavy atom. The first-order chi connectivity index (χ1) is 13.3. The number of benzene rings is 2. The molecule has 1 aliphatic rings. The molecule has 2 atom stereocenters. The zero-order valence-corrected chi connectivity index (χ0v) is 14.7. The number of anilines is 1. The van der Waals surface area contributed by atoms with Crippen LogP contribution in [0.2, 0.25) is 0 Å². The second-order valence-corrected chi connectivity index (χ2v) is 6.98. The van der Waals surface area contributed by atoms with Crippen molar-refractivity contribution in [1.82, 2.24) is 10.2 Å². The summed E-state index contributed by atoms with van der Waals surface area (Å²) in [5, 5.41) is 33.0. The van der Waals surface area contributed by atoms with E-state index in [0.717, 1.165) is 24.3 Å². The molecular weight excluding hydrogens is 371 g/mol. The fourth-order valence-corrected chi connectivity index (χ4v) is 3.60. The van der Waals surface area contributed by atoms with Gasteiger partial charge in [0, 0.05) is 22.4 Å². The summed E-state index contributed by atoms with van der Waals surface area (Å²) in [7, 11) is 0. The summed E-state index contributed by atoms with van der Waals surface area (Å²) in [6.45, 7) is 0. The molecule has 0 saturated heterocycles. The summed E-state index contributed by atoms with van der Waals surface area (Å²) >= 11 is 0. The summed E-state index contributed by atoms with van der Waals surface area (Å²) in [5.41, 5.74) is -0.442. The minimum Gasteiger partial charge on any atom is -0.507 e. The van der Waals surface area contributed by atoms with Crippen molar-refractivity contribution >= 4 is 16.6 Å². The van der Waals surface area contributed by atoms with E-state index in [4.69, 9.17) is 0 Å². The maximum atomic E-state index is 12.9. The van der Waals surface area contributed by atoms with E-state index in [0.29, 0.717) is 29.4 Å². The van der Waals surface area contributed by atoms with Crippen LogP contribution in [-0.4, -0.2) is 32.6 Å². The number of rotatable bonds is 3. The molecule has 0 spiro atoms. The van der Waals surface area contributed by atoms with Crippen LogP contribution in [0.1, 0.15) is 24.8 Å². The van der Waals surface area contributed by atoms with Gasteiger partial charge in [-0.1, -0.05) is 24.3 Å². The molecule has 1 heterocycles. The van der Waals surface area contributed by atoms with Gasteiger partial charge >= 0.3 is 6.18 Å². The highest BCUT2D eigenvalue weighted by Crippen LogP contribution is 2.39. The molecule has 3 aromatic rings. The minimum atomic E-state index is -4.54. The Labute approximate surface area is 158 Å². The highest BCUT2D eigenvalue weighted by atomic mass is 19.4. The van der Waals surface area contributed by atoms with Crippen molar-refractivity contribution in [2.75, 3.05) is 5.32 Å². The summed E-state index contributed by atoms with van der Waals surface area (Å²) < 4.78 is 38.6. The highest BCUT2D eigenvalue weighted by molar-refractivity contribution is 6.00. The molecule has 8 heteroatoms. The van der Waals surface area contributed by atoms with Gasteiger partial charge in [0.1, 0.15) is 11.4 Å². The minimum absolute atomic E-state index is 0.0815. The molecular formula is C20H18F3N3O2. The van der Waals surface area contributed by atoms with Crippen molar-refractivity contribution in [1.29, 1.82) is 0 Å². The first-order valence-electron chi connectivity index (χ1n) is 8.93. The van der Waals surface area contributed by atoms with Crippen LogP contribution < -0.4 is 5.32 Å². The Kier molecular flexibility index (Phi) is 4.58. The average Bonchev–Trinajstić information content (AvgIpc) is 3.06. The number of nitrogens with zero attached hydrogens (tertiary/aromatic N) is 2. The first-order valence-corrected chi connectivity index (χ1v) is 8.93. The number of aromatic nitrogens is 2. The maximum absolute atomic E-state index is 12.9. The summed E-state index contributed by atoms with van der Waals surface area (Å²) in [4.78, 5) is 0. The number of hydrogen-bond acceptors (Lipinski definition) is 5. The van der Waals surface area contributed by atoms with Crippen LogP contribution in [0.15, 0.2) is 42.5 Å². The number of nitrogens with one attached hydrogen (secondary N) is 1. The fraction of sp³-hybridized carbons (Fsp3) is 0.300. The highest BCUT2D eigenvalue weighted by Gasteiger charge is 2.31. The van der Waals surface area contributed by atoms with E-state index >= 15 is 0 Å². The van der Waals surface area contributed by atoms with Gasteiger partial charge in [-0.3, -0.25) is 0 Å². The molecule has 0 aliphatic heterocycles. The smallest absolute Gasteiger partial charge is 0.416 e. The number of alkyl halides is 3. The van der Waals surface area contributed by atoms with E-state index in [2.05, 4.69) is 15.5 Å². The van der Waals surface area contributed by atoms with E-state index in [1.807, 2.05) is 12.1 Å². The van der Waals surface area contributed by atoms with Crippen LogP contribution in [0.3, 0.4) is 0 Å². The van der Waals surface area contributed by atoms with Gasteiger partial charge in [-0.05, 0) is 37.5 Å². The van der Waals surface area contributed by atoms with E-state index in [9.17, 15) is 23.4 Å². The molecule has 0 unspecified atom stereocenters. The third kappa shape index (κ3) is 3.47. The van der Waals surface area contributed by atoms with Crippen molar-refractivity contribution in [2.24, 2.45) is 0 Å². The van der Waals surface area contributed by atoms with Crippen molar-refractivity contribution in [2.45, 2.75) is 37.6 Å². The molecule has 1 saturated carbocycles. The Morgan fingerprint density at radius 1 is 1.00 bits per heavy atom. The largest absolute Gasteiger partial charge is 0.507 e. The summed E-state index contributed by atoms with van der Waals surface area (Å²) in [6, 6.07) is 10.1. The van der Waals surface area contributed by atoms with Gasteiger partial charge in [-0.2, -0.15) is 13.2 Å². The lowest BCUT2D eigenvalue weighted by Crippen LogP contribution is -2.18. The summed E-state index contributed by atoms with van der Waals surface area (Å²) in [5.74, 6) is 0.0405. The number of hydrogen-bond donors (Lipinski definition) is 3. The van der Waals surface area contributed by atoms with E-state index < -0.39 is 17.5 Å². The number of halogens is 3. The van der Waals surface area contributed by atoms with Crippen LogP contribution in [-0.2, 0) is 6.18 Å². The van der Waals surface area contributed by atoms with Crippen LogP contribution >= 0.6 is 0 Å². The monoisotopic (exact) mass is 389 g/mol. The number of aliphatic hydroxyl groups excluding tert-OH is 1. The van der Waals surface area contributed by atoms with Gasteiger partial charge in [0.05, 0.1) is 11.7 Å². The lowest BCUT2D eigenvalue weighted by Gasteiger charge is -2.16. The average molecular weight is 389 g/mol. The second kappa shape index (κ2) is 6.94. The van der Waals surface area contributed by atoms with Crippen LogP contribution in [0, 0.1) is 0 Å². The molecule has 1 fully saturated rings. The Bertz CT molecular complexity index is 1020. The zero-order chi connectivity index (χ0) is 19.9. The van der Waals surface area contributed by atoms with E-state index in [1.165, 1.54) is 6.07 Å². The molecule has 2 aromatic carbocycles. The third-order valence-electron chi connectivity index (χ3n) is 5.01. The Hall–Kier alpha value is -2.87. The molecule has 0 radical (unpaired) electrons. The quantitative estimate of drug-likeness (QED) is 0.621. The van der Waals surface area contributed by atoms with Crippen LogP contribution in [0.5, 0.6) is 5.75 Å². The molecule has 5 nitrogen and oxygen atoms in total. The molecule has 146 valence electrons. The molecule has 1 aliphatic carbocycles. The number of phenols is 1. The van der Waals surface area contributed by atoms with E-state index in [1.54, 1.807) is 12.1 Å². The van der Waals surface area contributed by atoms with Gasteiger partial charge in [0.25, 0.3) is 0 Å². The van der Waals surface area contributed by atoms with Crippen molar-refractivity contribution in [3.63, 3.8) is 0 Å². The number of aliphatic hydroxyl groups is 1. The van der Waals surface area contributed by atoms with Gasteiger partial charge in [-0.15, -0.1) is 10.2 Å². The first kappa shape index (κ1) is 18.5. The van der Waals surface area contributed by atoms with Crippen molar-refractivity contribution in [3.05, 3.63) is 48.0 Å². The zero-order valence-electron chi connectivity index (χ0n) is 14.7. The number of aromatic hydroxyl groups is 1.